The van der Waals surface area contributed by atoms with Crippen LogP contribution in [0, 0.1) is 5.92 Å². The smallest absolute Gasteiger partial charge is 0.237 e. The molecule has 0 spiro atoms. The summed E-state index contributed by atoms with van der Waals surface area (Å²) in [5.74, 6) is 0.134. The molecule has 1 aromatic rings. The average molecular weight is 219 g/mol. The molecular formula is C12H13NO3. The Hall–Kier alpha value is -1.39. The molecule has 84 valence electrons. The maximum absolute atomic E-state index is 5.75. The number of rotatable bonds is 2. The molecule has 2 aliphatic heterocycles. The van der Waals surface area contributed by atoms with E-state index in [4.69, 9.17) is 14.3 Å². The lowest BCUT2D eigenvalue weighted by atomic mass is 9.98. The third-order valence-corrected chi connectivity index (χ3v) is 3.02. The molecule has 0 aliphatic carbocycles. The highest BCUT2D eigenvalue weighted by Gasteiger charge is 2.45. The maximum atomic E-state index is 5.75. The summed E-state index contributed by atoms with van der Waals surface area (Å²) in [5.41, 5.74) is 2.06. The van der Waals surface area contributed by atoms with Crippen LogP contribution < -0.4 is 0 Å². The Morgan fingerprint density at radius 1 is 1.31 bits per heavy atom. The van der Waals surface area contributed by atoms with Crippen LogP contribution in [-0.4, -0.2) is 25.7 Å². The second-order valence-electron chi connectivity index (χ2n) is 3.96. The van der Waals surface area contributed by atoms with Gasteiger partial charge in [0.1, 0.15) is 11.8 Å². The number of benzene rings is 1. The van der Waals surface area contributed by atoms with Crippen LogP contribution in [0.25, 0.3) is 0 Å². The minimum absolute atomic E-state index is 0.0775. The van der Waals surface area contributed by atoms with E-state index >= 15 is 0 Å². The molecule has 3 rings (SSSR count). The molecule has 4 heteroatoms. The summed E-state index contributed by atoms with van der Waals surface area (Å²) in [4.78, 5) is 5.21. The minimum Gasteiger partial charge on any atom is -0.366 e. The van der Waals surface area contributed by atoms with E-state index in [0.29, 0.717) is 6.61 Å². The van der Waals surface area contributed by atoms with Gasteiger partial charge < -0.3 is 14.3 Å². The van der Waals surface area contributed by atoms with E-state index in [1.165, 1.54) is 0 Å². The lowest BCUT2D eigenvalue weighted by Gasteiger charge is -2.10. The highest BCUT2D eigenvalue weighted by atomic mass is 16.8. The van der Waals surface area contributed by atoms with Crippen molar-refractivity contribution in [2.75, 3.05) is 13.7 Å². The Bertz CT molecular complexity index is 404. The van der Waals surface area contributed by atoms with Crippen LogP contribution in [0.2, 0.25) is 0 Å². The summed E-state index contributed by atoms with van der Waals surface area (Å²) >= 11 is 0. The second kappa shape index (κ2) is 3.88. The predicted octanol–water partition coefficient (Wildman–Crippen LogP) is 1.73. The summed E-state index contributed by atoms with van der Waals surface area (Å²) in [7, 11) is 1.62. The zero-order chi connectivity index (χ0) is 11.0. The van der Waals surface area contributed by atoms with E-state index in [0.717, 1.165) is 11.3 Å². The Kier molecular flexibility index (Phi) is 2.38. The average Bonchev–Trinajstić information content (AvgIpc) is 2.90. The Morgan fingerprint density at radius 3 is 2.88 bits per heavy atom. The Labute approximate surface area is 93.8 Å². The van der Waals surface area contributed by atoms with Gasteiger partial charge in [-0.25, -0.2) is 0 Å². The van der Waals surface area contributed by atoms with E-state index in [9.17, 15) is 0 Å². The van der Waals surface area contributed by atoms with Crippen molar-refractivity contribution < 1.29 is 14.3 Å². The van der Waals surface area contributed by atoms with Gasteiger partial charge in [-0.05, 0) is 5.56 Å². The molecule has 0 aromatic heterocycles. The summed E-state index contributed by atoms with van der Waals surface area (Å²) in [5, 5.41) is 4.07. The standard InChI is InChI=1S/C12H13NO3/c1-14-12-9-7-15-11(10(9)13-16-12)8-5-3-2-4-6-8/h2-6,9,11-12H,7H2,1H3/t9-,11+,12-/m1/s1. The van der Waals surface area contributed by atoms with Gasteiger partial charge >= 0.3 is 0 Å². The van der Waals surface area contributed by atoms with E-state index in [2.05, 4.69) is 5.16 Å². The predicted molar refractivity (Wildman–Crippen MR) is 57.9 cm³/mol. The normalized spacial score (nSPS) is 32.1. The Morgan fingerprint density at radius 2 is 2.12 bits per heavy atom. The molecule has 0 radical (unpaired) electrons. The molecule has 1 fully saturated rings. The van der Waals surface area contributed by atoms with Crippen molar-refractivity contribution >= 4 is 5.71 Å². The van der Waals surface area contributed by atoms with Crippen molar-refractivity contribution in [3.05, 3.63) is 35.9 Å². The number of nitrogens with zero attached hydrogens (tertiary/aromatic N) is 1. The molecule has 4 nitrogen and oxygen atoms in total. The zero-order valence-corrected chi connectivity index (χ0v) is 9.00. The van der Waals surface area contributed by atoms with Crippen LogP contribution in [0.3, 0.4) is 0 Å². The molecule has 16 heavy (non-hydrogen) atoms. The van der Waals surface area contributed by atoms with Crippen molar-refractivity contribution in [3.8, 4) is 0 Å². The number of fused-ring (bicyclic) bond motifs is 1. The fraction of sp³-hybridized carbons (Fsp3) is 0.417. The first-order valence-corrected chi connectivity index (χ1v) is 5.33. The number of hydrogen-bond acceptors (Lipinski definition) is 4. The molecule has 0 unspecified atom stereocenters. The molecular weight excluding hydrogens is 206 g/mol. The van der Waals surface area contributed by atoms with Crippen molar-refractivity contribution in [2.45, 2.75) is 12.4 Å². The van der Waals surface area contributed by atoms with Crippen molar-refractivity contribution in [1.82, 2.24) is 0 Å². The fourth-order valence-electron chi connectivity index (χ4n) is 2.19. The SMILES string of the molecule is CO[C@@H]1ON=C2[C@H](c3ccccc3)OC[C@H]21. The zero-order valence-electron chi connectivity index (χ0n) is 9.00. The largest absolute Gasteiger partial charge is 0.366 e. The van der Waals surface area contributed by atoms with Gasteiger partial charge in [0.15, 0.2) is 0 Å². The molecule has 0 bridgehead atoms. The van der Waals surface area contributed by atoms with Crippen LogP contribution in [0.5, 0.6) is 0 Å². The topological polar surface area (TPSA) is 40.0 Å². The van der Waals surface area contributed by atoms with Crippen molar-refractivity contribution in [1.29, 1.82) is 0 Å². The van der Waals surface area contributed by atoms with Crippen LogP contribution >= 0.6 is 0 Å². The maximum Gasteiger partial charge on any atom is 0.237 e. The number of hydrogen-bond donors (Lipinski definition) is 0. The first-order valence-electron chi connectivity index (χ1n) is 5.33. The first kappa shape index (κ1) is 9.81. The molecule has 2 aliphatic rings. The van der Waals surface area contributed by atoms with Gasteiger partial charge in [0.2, 0.25) is 6.29 Å². The number of methoxy groups -OCH3 is 1. The van der Waals surface area contributed by atoms with Gasteiger partial charge in [-0.1, -0.05) is 35.5 Å². The first-order chi connectivity index (χ1) is 7.90. The van der Waals surface area contributed by atoms with Gasteiger partial charge in [0.25, 0.3) is 0 Å². The van der Waals surface area contributed by atoms with Crippen LogP contribution in [0.4, 0.5) is 0 Å². The van der Waals surface area contributed by atoms with Gasteiger partial charge in [-0.2, -0.15) is 0 Å². The lowest BCUT2D eigenvalue weighted by Crippen LogP contribution is -2.24. The third-order valence-electron chi connectivity index (χ3n) is 3.02. The summed E-state index contributed by atoms with van der Waals surface area (Å²) in [6.07, 6.45) is -0.366. The van der Waals surface area contributed by atoms with Gasteiger partial charge in [0, 0.05) is 7.11 Å². The Balaban J connectivity index is 1.86. The van der Waals surface area contributed by atoms with Crippen molar-refractivity contribution in [3.63, 3.8) is 0 Å². The molecule has 1 aromatic carbocycles. The fourth-order valence-corrected chi connectivity index (χ4v) is 2.19. The highest BCUT2D eigenvalue weighted by molar-refractivity contribution is 5.94. The number of ether oxygens (including phenoxy) is 2. The van der Waals surface area contributed by atoms with E-state index in [-0.39, 0.29) is 18.3 Å². The second-order valence-corrected chi connectivity index (χ2v) is 3.96. The van der Waals surface area contributed by atoms with Crippen LogP contribution in [0.1, 0.15) is 11.7 Å². The monoisotopic (exact) mass is 219 g/mol. The van der Waals surface area contributed by atoms with Crippen molar-refractivity contribution in [2.24, 2.45) is 11.1 Å². The van der Waals surface area contributed by atoms with Crippen LogP contribution in [0.15, 0.2) is 35.5 Å². The van der Waals surface area contributed by atoms with Gasteiger partial charge in [-0.3, -0.25) is 0 Å². The van der Waals surface area contributed by atoms with Crippen LogP contribution in [-0.2, 0) is 14.3 Å². The van der Waals surface area contributed by atoms with E-state index in [1.807, 2.05) is 30.3 Å². The minimum atomic E-state index is -0.288. The molecule has 0 saturated carbocycles. The van der Waals surface area contributed by atoms with Gasteiger partial charge in [-0.15, -0.1) is 0 Å². The summed E-state index contributed by atoms with van der Waals surface area (Å²) < 4.78 is 10.9. The molecule has 0 N–H and O–H groups in total. The highest BCUT2D eigenvalue weighted by Crippen LogP contribution is 2.36. The van der Waals surface area contributed by atoms with E-state index in [1.54, 1.807) is 7.11 Å². The quantitative estimate of drug-likeness (QED) is 0.760. The molecule has 1 saturated heterocycles. The molecule has 3 atom stereocenters. The number of oxime groups is 1. The lowest BCUT2D eigenvalue weighted by molar-refractivity contribution is -0.133. The summed E-state index contributed by atoms with van der Waals surface area (Å²) in [6.45, 7) is 0.608. The molecule has 2 heterocycles. The molecule has 0 amide bonds. The third kappa shape index (κ3) is 1.42. The van der Waals surface area contributed by atoms with Gasteiger partial charge in [0.05, 0.1) is 12.5 Å². The van der Waals surface area contributed by atoms with E-state index < -0.39 is 0 Å². The summed E-state index contributed by atoms with van der Waals surface area (Å²) in [6, 6.07) is 10.1.